The van der Waals surface area contributed by atoms with Gasteiger partial charge in [0.05, 0.1) is 28.4 Å². The number of nitrogens with one attached hydrogen (secondary N) is 1. The molecule has 0 unspecified atom stereocenters. The fourth-order valence-corrected chi connectivity index (χ4v) is 3.24. The van der Waals surface area contributed by atoms with Gasteiger partial charge in [0.1, 0.15) is 5.69 Å². The van der Waals surface area contributed by atoms with Gasteiger partial charge in [-0.25, -0.2) is 4.79 Å². The lowest BCUT2D eigenvalue weighted by atomic mass is 10.1. The fourth-order valence-electron chi connectivity index (χ4n) is 2.82. The molecule has 0 bridgehead atoms. The average Bonchev–Trinajstić information content (AvgIpc) is 3.17. The molecule has 0 fully saturated rings. The number of carbonyl (C=O) groups excluding carboxylic acids is 1. The number of esters is 1. The number of nitrogens with zero attached hydrogens (tertiary/aromatic N) is 2. The van der Waals surface area contributed by atoms with Gasteiger partial charge in [0.2, 0.25) is 0 Å². The van der Waals surface area contributed by atoms with Crippen molar-refractivity contribution >= 4 is 40.1 Å². The molecule has 1 aromatic carbocycles. The minimum absolute atomic E-state index is 0.266. The fraction of sp³-hybridized carbons (Fsp3) is 0.250. The molecule has 0 aliphatic heterocycles. The van der Waals surface area contributed by atoms with Crippen molar-refractivity contribution in [3.05, 3.63) is 40.3 Å². The van der Waals surface area contributed by atoms with E-state index in [2.05, 4.69) is 10.2 Å². The molecule has 2 heterocycles. The van der Waals surface area contributed by atoms with Crippen LogP contribution in [0.15, 0.2) is 24.5 Å². The number of aromatic nitrogens is 3. The lowest BCUT2D eigenvalue weighted by Gasteiger charge is -2.10. The van der Waals surface area contributed by atoms with E-state index < -0.39 is 5.97 Å². The summed E-state index contributed by atoms with van der Waals surface area (Å²) in [6.45, 7) is 2.77. The van der Waals surface area contributed by atoms with Gasteiger partial charge in [-0.3, -0.25) is 5.10 Å². The SMILES string of the molecule is CCOC(=O)c1c(-c2cn[nH]c2)c2ccc(Cl)c(Cl)c2n1CCN. The third-order valence-electron chi connectivity index (χ3n) is 3.72. The van der Waals surface area contributed by atoms with Crippen molar-refractivity contribution in [1.82, 2.24) is 14.8 Å². The van der Waals surface area contributed by atoms with Crippen LogP contribution in [0.3, 0.4) is 0 Å². The number of aromatic amines is 1. The molecule has 6 nitrogen and oxygen atoms in total. The highest BCUT2D eigenvalue weighted by atomic mass is 35.5. The van der Waals surface area contributed by atoms with Crippen LogP contribution in [0.1, 0.15) is 17.4 Å². The first-order valence-electron chi connectivity index (χ1n) is 7.46. The Morgan fingerprint density at radius 1 is 1.42 bits per heavy atom. The smallest absolute Gasteiger partial charge is 0.355 e. The number of hydrogen-bond donors (Lipinski definition) is 2. The summed E-state index contributed by atoms with van der Waals surface area (Å²) >= 11 is 12.6. The quantitative estimate of drug-likeness (QED) is 0.676. The molecule has 126 valence electrons. The minimum atomic E-state index is -0.439. The van der Waals surface area contributed by atoms with Crippen LogP contribution >= 0.6 is 23.2 Å². The van der Waals surface area contributed by atoms with Crippen LogP contribution in [-0.4, -0.2) is 33.9 Å². The van der Waals surface area contributed by atoms with E-state index in [1.54, 1.807) is 30.0 Å². The minimum Gasteiger partial charge on any atom is -0.461 e. The molecule has 0 atom stereocenters. The Labute approximate surface area is 148 Å². The Hall–Kier alpha value is -2.02. The van der Waals surface area contributed by atoms with Gasteiger partial charge in [-0.1, -0.05) is 29.3 Å². The third kappa shape index (κ3) is 2.66. The van der Waals surface area contributed by atoms with Crippen LogP contribution in [-0.2, 0) is 11.3 Å². The van der Waals surface area contributed by atoms with E-state index in [0.717, 1.165) is 10.9 Å². The lowest BCUT2D eigenvalue weighted by molar-refractivity contribution is 0.0515. The lowest BCUT2D eigenvalue weighted by Crippen LogP contribution is -2.17. The standard InChI is InChI=1S/C16H16Cl2N4O2/c1-2-24-16(23)15-12(9-7-20-21-8-9)10-3-4-11(17)13(18)14(10)22(15)6-5-19/h3-4,7-8H,2,5-6,19H2,1H3,(H,20,21). The Morgan fingerprint density at radius 3 is 2.83 bits per heavy atom. The van der Waals surface area contributed by atoms with Crippen LogP contribution in [0.5, 0.6) is 0 Å². The van der Waals surface area contributed by atoms with Gasteiger partial charge in [-0.15, -0.1) is 0 Å². The molecule has 24 heavy (non-hydrogen) atoms. The van der Waals surface area contributed by atoms with E-state index in [0.29, 0.717) is 39.9 Å². The highest BCUT2D eigenvalue weighted by molar-refractivity contribution is 6.45. The van der Waals surface area contributed by atoms with Crippen LogP contribution in [0, 0.1) is 0 Å². The van der Waals surface area contributed by atoms with E-state index in [1.165, 1.54) is 0 Å². The summed E-state index contributed by atoms with van der Waals surface area (Å²) in [5, 5.41) is 8.32. The van der Waals surface area contributed by atoms with Gasteiger partial charge in [0.15, 0.2) is 0 Å². The molecule has 0 amide bonds. The number of hydrogen-bond acceptors (Lipinski definition) is 4. The predicted octanol–water partition coefficient (Wildman–Crippen LogP) is 3.47. The number of nitrogens with two attached hydrogens (primary N) is 1. The summed E-state index contributed by atoms with van der Waals surface area (Å²) < 4.78 is 7.01. The van der Waals surface area contributed by atoms with E-state index >= 15 is 0 Å². The number of H-pyrrole nitrogens is 1. The summed E-state index contributed by atoms with van der Waals surface area (Å²) in [5.41, 5.74) is 8.26. The number of ether oxygens (including phenoxy) is 1. The second-order valence-corrected chi connectivity index (χ2v) is 5.91. The number of carbonyl (C=O) groups is 1. The second kappa shape index (κ2) is 6.84. The molecule has 0 radical (unpaired) electrons. The van der Waals surface area contributed by atoms with Gasteiger partial charge >= 0.3 is 5.97 Å². The van der Waals surface area contributed by atoms with Gasteiger partial charge in [0.25, 0.3) is 0 Å². The van der Waals surface area contributed by atoms with Crippen LogP contribution in [0.25, 0.3) is 22.0 Å². The molecule has 8 heteroatoms. The van der Waals surface area contributed by atoms with Gasteiger partial charge in [-0.2, -0.15) is 5.10 Å². The largest absolute Gasteiger partial charge is 0.461 e. The topological polar surface area (TPSA) is 85.9 Å². The molecule has 3 N–H and O–H groups in total. The maximum Gasteiger partial charge on any atom is 0.355 e. The van der Waals surface area contributed by atoms with Crippen molar-refractivity contribution in [2.24, 2.45) is 5.73 Å². The van der Waals surface area contributed by atoms with Crippen molar-refractivity contribution < 1.29 is 9.53 Å². The zero-order valence-corrected chi connectivity index (χ0v) is 14.5. The summed E-state index contributed by atoms with van der Waals surface area (Å²) in [5.74, 6) is -0.439. The normalized spacial score (nSPS) is 11.2. The number of fused-ring (bicyclic) bond motifs is 1. The molecule has 3 rings (SSSR count). The molecule has 0 spiro atoms. The van der Waals surface area contributed by atoms with Crippen molar-refractivity contribution in [2.75, 3.05) is 13.2 Å². The van der Waals surface area contributed by atoms with Crippen LogP contribution in [0.4, 0.5) is 0 Å². The Morgan fingerprint density at radius 2 is 2.21 bits per heavy atom. The van der Waals surface area contributed by atoms with Crippen molar-refractivity contribution in [1.29, 1.82) is 0 Å². The maximum absolute atomic E-state index is 12.6. The molecule has 0 aliphatic carbocycles. The molecule has 0 saturated heterocycles. The monoisotopic (exact) mass is 366 g/mol. The van der Waals surface area contributed by atoms with E-state index in [9.17, 15) is 4.79 Å². The first kappa shape index (κ1) is 16.8. The molecule has 0 aliphatic rings. The van der Waals surface area contributed by atoms with Gasteiger partial charge in [0, 0.05) is 35.8 Å². The number of halogens is 2. The van der Waals surface area contributed by atoms with E-state index in [-0.39, 0.29) is 6.61 Å². The Bertz CT molecular complexity index is 887. The Balaban J connectivity index is 2.43. The van der Waals surface area contributed by atoms with E-state index in [1.807, 2.05) is 6.07 Å². The first-order chi connectivity index (χ1) is 11.6. The maximum atomic E-state index is 12.6. The average molecular weight is 367 g/mol. The summed E-state index contributed by atoms with van der Waals surface area (Å²) in [4.78, 5) is 12.6. The third-order valence-corrected chi connectivity index (χ3v) is 4.52. The summed E-state index contributed by atoms with van der Waals surface area (Å²) in [7, 11) is 0. The molecular weight excluding hydrogens is 351 g/mol. The van der Waals surface area contributed by atoms with Crippen molar-refractivity contribution in [3.63, 3.8) is 0 Å². The van der Waals surface area contributed by atoms with Crippen molar-refractivity contribution in [2.45, 2.75) is 13.5 Å². The highest BCUT2D eigenvalue weighted by Gasteiger charge is 2.27. The summed E-state index contributed by atoms with van der Waals surface area (Å²) in [6, 6.07) is 3.54. The predicted molar refractivity (Wildman–Crippen MR) is 94.6 cm³/mol. The Kier molecular flexibility index (Phi) is 4.80. The summed E-state index contributed by atoms with van der Waals surface area (Å²) in [6.07, 6.45) is 3.36. The van der Waals surface area contributed by atoms with E-state index in [4.69, 9.17) is 33.7 Å². The molecular formula is C16H16Cl2N4O2. The zero-order valence-electron chi connectivity index (χ0n) is 13.0. The molecule has 2 aromatic heterocycles. The first-order valence-corrected chi connectivity index (χ1v) is 8.22. The number of benzene rings is 1. The highest BCUT2D eigenvalue weighted by Crippen LogP contribution is 2.40. The molecule has 3 aromatic rings. The van der Waals surface area contributed by atoms with Gasteiger partial charge in [-0.05, 0) is 13.0 Å². The zero-order chi connectivity index (χ0) is 17.3. The van der Waals surface area contributed by atoms with Crippen LogP contribution < -0.4 is 5.73 Å². The van der Waals surface area contributed by atoms with Crippen LogP contribution in [0.2, 0.25) is 10.0 Å². The molecule has 0 saturated carbocycles. The second-order valence-electron chi connectivity index (χ2n) is 5.13. The van der Waals surface area contributed by atoms with Crippen molar-refractivity contribution in [3.8, 4) is 11.1 Å². The number of rotatable bonds is 5. The van der Waals surface area contributed by atoms with Gasteiger partial charge < -0.3 is 15.0 Å².